The van der Waals surface area contributed by atoms with Crippen LogP contribution < -0.4 is 10.1 Å². The first kappa shape index (κ1) is 20.2. The fourth-order valence-corrected chi connectivity index (χ4v) is 3.43. The first-order valence-corrected chi connectivity index (χ1v) is 10.7. The van der Waals surface area contributed by atoms with Crippen molar-refractivity contribution in [2.45, 2.75) is 58.4 Å². The Morgan fingerprint density at radius 1 is 1.23 bits per heavy atom. The lowest BCUT2D eigenvalue weighted by atomic mass is 9.93. The molecule has 0 amide bonds. The van der Waals surface area contributed by atoms with Crippen LogP contribution in [0.2, 0.25) is 0 Å². The van der Waals surface area contributed by atoms with E-state index in [1.165, 1.54) is 24.1 Å². The predicted octanol–water partition coefficient (Wildman–Crippen LogP) is 5.72. The van der Waals surface area contributed by atoms with Crippen LogP contribution in [0, 0.1) is 16.7 Å². The number of benzene rings is 1. The topological polar surface area (TPSA) is 86.6 Å². The summed E-state index contributed by atoms with van der Waals surface area (Å²) in [5.41, 5.74) is 3.30. The average molecular weight is 404 g/mol. The number of aromatic nitrogens is 3. The Morgan fingerprint density at radius 3 is 2.73 bits per heavy atom. The molecule has 2 aliphatic rings. The molecule has 30 heavy (non-hydrogen) atoms. The van der Waals surface area contributed by atoms with Crippen LogP contribution in [0.1, 0.15) is 69.7 Å². The van der Waals surface area contributed by atoms with E-state index in [9.17, 15) is 0 Å². The van der Waals surface area contributed by atoms with Gasteiger partial charge in [0.25, 0.3) is 0 Å². The monoisotopic (exact) mass is 403 g/mol. The minimum Gasteiger partial charge on any atom is -0.493 e. The zero-order valence-electron chi connectivity index (χ0n) is 17.9. The van der Waals surface area contributed by atoms with Crippen LogP contribution in [-0.4, -0.2) is 21.6 Å². The third-order valence-corrected chi connectivity index (χ3v) is 5.92. The molecule has 156 valence electrons. The third kappa shape index (κ3) is 4.40. The summed E-state index contributed by atoms with van der Waals surface area (Å²) in [6, 6.07) is 12.8. The van der Waals surface area contributed by atoms with Crippen molar-refractivity contribution in [2.24, 2.45) is 5.41 Å². The van der Waals surface area contributed by atoms with E-state index in [4.69, 9.17) is 10.00 Å². The van der Waals surface area contributed by atoms with Gasteiger partial charge in [0.05, 0.1) is 29.5 Å². The second kappa shape index (κ2) is 8.35. The van der Waals surface area contributed by atoms with Crippen molar-refractivity contribution in [3.05, 3.63) is 47.9 Å². The van der Waals surface area contributed by atoms with Gasteiger partial charge in [-0.15, -0.1) is 0 Å². The summed E-state index contributed by atoms with van der Waals surface area (Å²) in [6.45, 7) is 6.62. The normalized spacial score (nSPS) is 17.9. The van der Waals surface area contributed by atoms with Gasteiger partial charge in [0.1, 0.15) is 23.5 Å². The zero-order valence-corrected chi connectivity index (χ0v) is 17.9. The number of para-hydroxylation sites is 1. The molecular weight excluding hydrogens is 374 g/mol. The minimum absolute atomic E-state index is 0.111. The highest BCUT2D eigenvalue weighted by atomic mass is 16.5. The number of nitriles is 1. The van der Waals surface area contributed by atoms with Crippen LogP contribution in [0.15, 0.2) is 36.7 Å². The fourth-order valence-electron chi connectivity index (χ4n) is 3.43. The molecule has 3 heterocycles. The molecule has 6 nitrogen and oxygen atoms in total. The number of rotatable bonds is 4. The number of nitrogens with one attached hydrogen (secondary N) is 2. The van der Waals surface area contributed by atoms with Gasteiger partial charge in [-0.2, -0.15) is 5.26 Å². The molecule has 3 aromatic rings. The molecule has 1 aliphatic carbocycles. The number of hydrogen-bond donors (Lipinski definition) is 2. The molecule has 6 heteroatoms. The van der Waals surface area contributed by atoms with Crippen molar-refractivity contribution < 1.29 is 4.74 Å². The van der Waals surface area contributed by atoms with E-state index < -0.39 is 0 Å². The van der Waals surface area contributed by atoms with Gasteiger partial charge in [-0.1, -0.05) is 25.1 Å². The molecule has 5 rings (SSSR count). The maximum absolute atomic E-state index is 8.34. The molecule has 1 fully saturated rings. The van der Waals surface area contributed by atoms with Crippen LogP contribution in [0.5, 0.6) is 5.75 Å². The number of aromatic amines is 1. The van der Waals surface area contributed by atoms with Crippen molar-refractivity contribution in [2.75, 3.05) is 11.9 Å². The minimum atomic E-state index is -0.111. The molecule has 1 aromatic carbocycles. The molecule has 0 spiro atoms. The first-order valence-electron chi connectivity index (χ1n) is 10.7. The van der Waals surface area contributed by atoms with Gasteiger partial charge in [0.15, 0.2) is 0 Å². The van der Waals surface area contributed by atoms with Gasteiger partial charge in [0.2, 0.25) is 0 Å². The Kier molecular flexibility index (Phi) is 5.63. The Balaban J connectivity index is 0.000000272. The molecule has 1 aliphatic heterocycles. The van der Waals surface area contributed by atoms with Crippen molar-refractivity contribution in [1.29, 1.82) is 5.26 Å². The summed E-state index contributed by atoms with van der Waals surface area (Å²) in [5.74, 6) is 2.55. The van der Waals surface area contributed by atoms with Crippen LogP contribution in [0.25, 0.3) is 11.0 Å². The summed E-state index contributed by atoms with van der Waals surface area (Å²) in [6.07, 6.45) is 6.04. The van der Waals surface area contributed by atoms with Gasteiger partial charge in [-0.3, -0.25) is 0 Å². The van der Waals surface area contributed by atoms with Gasteiger partial charge in [-0.25, -0.2) is 9.97 Å². The molecule has 1 saturated carbocycles. The molecule has 1 unspecified atom stereocenters. The summed E-state index contributed by atoms with van der Waals surface area (Å²) >= 11 is 0. The van der Waals surface area contributed by atoms with Crippen molar-refractivity contribution in [1.82, 2.24) is 15.0 Å². The molecule has 0 saturated heterocycles. The quantitative estimate of drug-likeness (QED) is 0.582. The second-order valence-corrected chi connectivity index (χ2v) is 8.70. The SMILES string of the molecule is CCC(C)(C)C#N.c1ccc2c(c1)OCCC2Nc1ncnc2[nH]c(C3CC3)cc12. The first-order chi connectivity index (χ1) is 14.5. The summed E-state index contributed by atoms with van der Waals surface area (Å²) in [4.78, 5) is 12.3. The number of nitrogens with zero attached hydrogens (tertiary/aromatic N) is 3. The highest BCUT2D eigenvalue weighted by molar-refractivity contribution is 5.88. The highest BCUT2D eigenvalue weighted by Gasteiger charge is 2.27. The second-order valence-electron chi connectivity index (χ2n) is 8.70. The third-order valence-electron chi connectivity index (χ3n) is 5.92. The maximum atomic E-state index is 8.34. The van der Waals surface area contributed by atoms with E-state index in [1.807, 2.05) is 32.9 Å². The van der Waals surface area contributed by atoms with Crippen molar-refractivity contribution >= 4 is 16.9 Å². The maximum Gasteiger partial charge on any atom is 0.143 e. The summed E-state index contributed by atoms with van der Waals surface area (Å²) in [7, 11) is 0. The molecule has 0 radical (unpaired) electrons. The van der Waals surface area contributed by atoms with E-state index in [-0.39, 0.29) is 11.5 Å². The van der Waals surface area contributed by atoms with Crippen molar-refractivity contribution in [3.8, 4) is 11.8 Å². The molecule has 1 atom stereocenters. The standard InChI is InChI=1S/C18H18N4O.C6H11N/c1-2-4-16-12(3-1)14(7-8-23-16)21-17-13-9-15(11-5-6-11)22-18(13)20-10-19-17;1-4-6(2,3)5-7/h1-4,9-11,14H,5-8H2,(H2,19,20,21,22);4H2,1-3H3. The van der Waals surface area contributed by atoms with Crippen LogP contribution in [0.4, 0.5) is 5.82 Å². The van der Waals surface area contributed by atoms with Gasteiger partial charge >= 0.3 is 0 Å². The van der Waals surface area contributed by atoms with E-state index in [1.54, 1.807) is 6.33 Å². The van der Waals surface area contributed by atoms with E-state index in [0.717, 1.165) is 42.0 Å². The Morgan fingerprint density at radius 2 is 2.03 bits per heavy atom. The van der Waals surface area contributed by atoms with Gasteiger partial charge in [-0.05, 0) is 51.2 Å². The van der Waals surface area contributed by atoms with Gasteiger partial charge in [0, 0.05) is 17.7 Å². The zero-order chi connectivity index (χ0) is 21.1. The van der Waals surface area contributed by atoms with Gasteiger partial charge < -0.3 is 15.0 Å². The van der Waals surface area contributed by atoms with Crippen LogP contribution in [0.3, 0.4) is 0 Å². The van der Waals surface area contributed by atoms with E-state index in [0.29, 0.717) is 5.92 Å². The number of anilines is 1. The van der Waals surface area contributed by atoms with Crippen molar-refractivity contribution in [3.63, 3.8) is 0 Å². The lowest BCUT2D eigenvalue weighted by Crippen LogP contribution is -2.20. The largest absolute Gasteiger partial charge is 0.493 e. The molecular formula is C24H29N5O. The lowest BCUT2D eigenvalue weighted by molar-refractivity contribution is 0.274. The number of fused-ring (bicyclic) bond motifs is 2. The summed E-state index contributed by atoms with van der Waals surface area (Å²) in [5, 5.41) is 13.0. The van der Waals surface area contributed by atoms with Crippen LogP contribution in [-0.2, 0) is 0 Å². The number of ether oxygens (including phenoxy) is 1. The smallest absolute Gasteiger partial charge is 0.143 e. The summed E-state index contributed by atoms with van der Waals surface area (Å²) < 4.78 is 5.74. The lowest BCUT2D eigenvalue weighted by Gasteiger charge is -2.27. The Hall–Kier alpha value is -3.07. The number of hydrogen-bond acceptors (Lipinski definition) is 5. The molecule has 2 aromatic heterocycles. The van der Waals surface area contributed by atoms with Crippen LogP contribution >= 0.6 is 0 Å². The Bertz CT molecular complexity index is 1060. The van der Waals surface area contributed by atoms with E-state index in [2.05, 4.69) is 44.5 Å². The highest BCUT2D eigenvalue weighted by Crippen LogP contribution is 2.41. The average Bonchev–Trinajstić information content (AvgIpc) is 3.53. The fraction of sp³-hybridized carbons (Fsp3) is 0.458. The van der Waals surface area contributed by atoms with E-state index >= 15 is 0 Å². The number of H-pyrrole nitrogens is 1. The molecule has 0 bridgehead atoms. The Labute approximate surface area is 177 Å². The molecule has 2 N–H and O–H groups in total. The predicted molar refractivity (Wildman–Crippen MR) is 118 cm³/mol.